The highest BCUT2D eigenvalue weighted by Crippen LogP contribution is 2.68. The van der Waals surface area contributed by atoms with Crippen LogP contribution in [0.15, 0.2) is 0 Å². The Kier molecular flexibility index (Phi) is 4.71. The molecular formula is C23H37BrO2. The Labute approximate surface area is 168 Å². The Morgan fingerprint density at radius 1 is 0.962 bits per heavy atom. The van der Waals surface area contributed by atoms with E-state index in [1.54, 1.807) is 0 Å². The van der Waals surface area contributed by atoms with E-state index in [0.29, 0.717) is 17.1 Å². The first-order chi connectivity index (χ1) is 12.1. The first-order valence-electron chi connectivity index (χ1n) is 11.0. The van der Waals surface area contributed by atoms with E-state index in [1.165, 1.54) is 38.5 Å². The maximum absolute atomic E-state index is 12.9. The maximum atomic E-state index is 12.9. The molecule has 1 N–H and O–H groups in total. The summed E-state index contributed by atoms with van der Waals surface area (Å²) in [7, 11) is 0. The highest BCUT2D eigenvalue weighted by molar-refractivity contribution is 9.10. The van der Waals surface area contributed by atoms with Crippen molar-refractivity contribution in [3.8, 4) is 0 Å². The van der Waals surface area contributed by atoms with Crippen LogP contribution in [0.4, 0.5) is 0 Å². The molecule has 0 bridgehead atoms. The number of rotatable bonds is 2. The second-order valence-electron chi connectivity index (χ2n) is 11.1. The van der Waals surface area contributed by atoms with Crippen LogP contribution >= 0.6 is 15.9 Å². The molecule has 4 rings (SSSR count). The van der Waals surface area contributed by atoms with Gasteiger partial charge in [0.2, 0.25) is 0 Å². The van der Waals surface area contributed by atoms with Crippen molar-refractivity contribution in [2.45, 2.75) is 95.9 Å². The van der Waals surface area contributed by atoms with E-state index >= 15 is 0 Å². The summed E-state index contributed by atoms with van der Waals surface area (Å²) in [5.41, 5.74) is 0.192. The third kappa shape index (κ3) is 2.78. The monoisotopic (exact) mass is 424 g/mol. The maximum Gasteiger partial charge on any atom is 0.149 e. The van der Waals surface area contributed by atoms with Gasteiger partial charge in [0.25, 0.3) is 0 Å². The van der Waals surface area contributed by atoms with Crippen LogP contribution in [0.1, 0.15) is 85.5 Å². The van der Waals surface area contributed by atoms with Crippen LogP contribution in [-0.2, 0) is 4.79 Å². The van der Waals surface area contributed by atoms with Gasteiger partial charge in [0, 0.05) is 5.92 Å². The van der Waals surface area contributed by atoms with Crippen LogP contribution < -0.4 is 0 Å². The molecule has 4 fully saturated rings. The van der Waals surface area contributed by atoms with Gasteiger partial charge in [0.1, 0.15) is 5.78 Å². The predicted octanol–water partition coefficient (Wildman–Crippen LogP) is 5.75. The lowest BCUT2D eigenvalue weighted by Gasteiger charge is -2.61. The van der Waals surface area contributed by atoms with Gasteiger partial charge in [0.05, 0.1) is 10.4 Å². The Morgan fingerprint density at radius 3 is 2.35 bits per heavy atom. The fraction of sp³-hybridized carbons (Fsp3) is 0.957. The standard InChI is InChI=1S/C23H37BrO2/c1-14(24)20(25)19-8-7-17-16-6-5-15-13-21(2,26)11-12-22(15,3)18(16)9-10-23(17,19)4/h14-19,26H,5-13H2,1-4H3/t14?,15-,16-,17-,18-,19+,21+,22-,23-/m0/s1. The molecule has 1 unspecified atom stereocenters. The van der Waals surface area contributed by atoms with Crippen molar-refractivity contribution >= 4 is 21.7 Å². The molecule has 0 aromatic rings. The summed E-state index contributed by atoms with van der Waals surface area (Å²) in [5.74, 6) is 3.76. The molecule has 0 radical (unpaired) electrons. The van der Waals surface area contributed by atoms with Crippen molar-refractivity contribution in [3.63, 3.8) is 0 Å². The summed E-state index contributed by atoms with van der Waals surface area (Å²) in [5, 5.41) is 10.6. The smallest absolute Gasteiger partial charge is 0.149 e. The third-order valence-corrected chi connectivity index (χ3v) is 10.1. The molecule has 4 aliphatic rings. The number of carbonyl (C=O) groups excluding carboxylic acids is 1. The molecule has 0 aromatic carbocycles. The summed E-state index contributed by atoms with van der Waals surface area (Å²) in [4.78, 5) is 12.8. The average molecular weight is 425 g/mol. The fourth-order valence-corrected chi connectivity index (χ4v) is 8.49. The molecule has 0 aromatic heterocycles. The molecule has 0 saturated heterocycles. The molecule has 4 aliphatic carbocycles. The van der Waals surface area contributed by atoms with Crippen molar-refractivity contribution in [2.75, 3.05) is 0 Å². The van der Waals surface area contributed by atoms with Crippen LogP contribution in [-0.4, -0.2) is 21.3 Å². The summed E-state index contributed by atoms with van der Waals surface area (Å²) in [6.07, 6.45) is 10.7. The zero-order valence-corrected chi connectivity index (χ0v) is 18.6. The van der Waals surface area contributed by atoms with E-state index in [4.69, 9.17) is 0 Å². The zero-order valence-electron chi connectivity index (χ0n) is 17.1. The highest BCUT2D eigenvalue weighted by atomic mass is 79.9. The normalized spacial score (nSPS) is 54.8. The lowest BCUT2D eigenvalue weighted by molar-refractivity contribution is -0.150. The number of hydrogen-bond donors (Lipinski definition) is 1. The summed E-state index contributed by atoms with van der Waals surface area (Å²) in [6, 6.07) is 0. The van der Waals surface area contributed by atoms with Crippen molar-refractivity contribution in [2.24, 2.45) is 40.4 Å². The van der Waals surface area contributed by atoms with Gasteiger partial charge in [0.15, 0.2) is 0 Å². The van der Waals surface area contributed by atoms with Crippen LogP contribution in [0, 0.1) is 40.4 Å². The molecule has 148 valence electrons. The van der Waals surface area contributed by atoms with Crippen molar-refractivity contribution in [1.82, 2.24) is 0 Å². The van der Waals surface area contributed by atoms with Crippen LogP contribution in [0.25, 0.3) is 0 Å². The minimum absolute atomic E-state index is 0.00497. The number of alkyl halides is 1. The number of fused-ring (bicyclic) bond motifs is 5. The summed E-state index contributed by atoms with van der Waals surface area (Å²) >= 11 is 3.55. The average Bonchev–Trinajstić information content (AvgIpc) is 2.91. The van der Waals surface area contributed by atoms with E-state index in [9.17, 15) is 9.90 Å². The number of Topliss-reactive ketones (excluding diaryl/α,β-unsaturated/α-hetero) is 1. The lowest BCUT2D eigenvalue weighted by Crippen LogP contribution is -2.55. The Hall–Kier alpha value is 0.110. The molecule has 4 saturated carbocycles. The summed E-state index contributed by atoms with van der Waals surface area (Å²) in [6.45, 7) is 9.04. The zero-order chi connectivity index (χ0) is 18.9. The second-order valence-corrected chi connectivity index (χ2v) is 12.4. The van der Waals surface area contributed by atoms with Gasteiger partial charge in [-0.1, -0.05) is 29.8 Å². The molecule has 0 amide bonds. The quantitative estimate of drug-likeness (QED) is 0.572. The Morgan fingerprint density at radius 2 is 1.65 bits per heavy atom. The number of hydrogen-bond acceptors (Lipinski definition) is 2. The Bertz CT molecular complexity index is 585. The van der Waals surface area contributed by atoms with E-state index in [-0.39, 0.29) is 16.2 Å². The molecule has 3 heteroatoms. The number of halogens is 1. The van der Waals surface area contributed by atoms with E-state index in [0.717, 1.165) is 37.0 Å². The van der Waals surface area contributed by atoms with Crippen LogP contribution in [0.3, 0.4) is 0 Å². The Balaban J connectivity index is 1.59. The number of aliphatic hydroxyl groups is 1. The highest BCUT2D eigenvalue weighted by Gasteiger charge is 2.61. The van der Waals surface area contributed by atoms with E-state index in [1.807, 2.05) is 13.8 Å². The van der Waals surface area contributed by atoms with Gasteiger partial charge in [-0.2, -0.15) is 0 Å². The van der Waals surface area contributed by atoms with Gasteiger partial charge in [-0.15, -0.1) is 0 Å². The van der Waals surface area contributed by atoms with Crippen molar-refractivity contribution in [3.05, 3.63) is 0 Å². The van der Waals surface area contributed by atoms with Gasteiger partial charge in [-0.25, -0.2) is 0 Å². The minimum atomic E-state index is -0.447. The first kappa shape index (κ1) is 19.4. The molecule has 0 heterocycles. The molecular weight excluding hydrogens is 388 g/mol. The van der Waals surface area contributed by atoms with E-state index < -0.39 is 5.60 Å². The van der Waals surface area contributed by atoms with Crippen molar-refractivity contribution in [1.29, 1.82) is 0 Å². The summed E-state index contributed by atoms with van der Waals surface area (Å²) < 4.78 is 0. The van der Waals surface area contributed by atoms with Gasteiger partial charge < -0.3 is 5.11 Å². The lowest BCUT2D eigenvalue weighted by atomic mass is 9.44. The van der Waals surface area contributed by atoms with Gasteiger partial charge in [-0.05, 0) is 106 Å². The second kappa shape index (κ2) is 6.31. The predicted molar refractivity (Wildman–Crippen MR) is 109 cm³/mol. The molecule has 9 atom stereocenters. The fourth-order valence-electron chi connectivity index (χ4n) is 8.18. The SMILES string of the molecule is CC(Br)C(=O)[C@H]1CC[C@H]2[C@@H]3CC[C@H]4C[C@](C)(O)CC[C@]4(C)[C@H]3CC[C@]12C. The van der Waals surface area contributed by atoms with Gasteiger partial charge >= 0.3 is 0 Å². The van der Waals surface area contributed by atoms with Crippen molar-refractivity contribution < 1.29 is 9.90 Å². The third-order valence-electron chi connectivity index (χ3n) is 9.69. The number of ketones is 1. The van der Waals surface area contributed by atoms with Crippen LogP contribution in [0.5, 0.6) is 0 Å². The van der Waals surface area contributed by atoms with Crippen LogP contribution in [0.2, 0.25) is 0 Å². The number of carbonyl (C=O) groups is 1. The largest absolute Gasteiger partial charge is 0.390 e. The first-order valence-corrected chi connectivity index (χ1v) is 11.9. The van der Waals surface area contributed by atoms with E-state index in [2.05, 4.69) is 29.8 Å². The molecule has 26 heavy (non-hydrogen) atoms. The minimum Gasteiger partial charge on any atom is -0.390 e. The topological polar surface area (TPSA) is 37.3 Å². The molecule has 0 spiro atoms. The molecule has 0 aliphatic heterocycles. The molecule has 2 nitrogen and oxygen atoms in total. The van der Waals surface area contributed by atoms with Gasteiger partial charge in [-0.3, -0.25) is 4.79 Å².